The van der Waals surface area contributed by atoms with Crippen LogP contribution in [0.2, 0.25) is 0 Å². The van der Waals surface area contributed by atoms with E-state index in [2.05, 4.69) is 4.98 Å². The molecule has 0 amide bonds. The monoisotopic (exact) mass is 231 g/mol. The zero-order valence-corrected chi connectivity index (χ0v) is 9.98. The third-order valence-corrected chi connectivity index (χ3v) is 2.59. The van der Waals surface area contributed by atoms with Crippen LogP contribution >= 0.6 is 0 Å². The van der Waals surface area contributed by atoms with Gasteiger partial charge in [0.2, 0.25) is 0 Å². The van der Waals surface area contributed by atoms with Gasteiger partial charge in [0, 0.05) is 23.2 Å². The van der Waals surface area contributed by atoms with Gasteiger partial charge in [-0.2, -0.15) is 0 Å². The molecule has 2 rings (SSSR count). The average molecular weight is 231 g/mol. The van der Waals surface area contributed by atoms with Gasteiger partial charge in [0.1, 0.15) is 0 Å². The highest BCUT2D eigenvalue weighted by Crippen LogP contribution is 2.31. The number of benzene rings is 1. The van der Waals surface area contributed by atoms with Crippen molar-refractivity contribution in [3.05, 3.63) is 30.0 Å². The molecule has 88 valence electrons. The van der Waals surface area contributed by atoms with Crippen LogP contribution in [0.1, 0.15) is 17.3 Å². The van der Waals surface area contributed by atoms with Crippen molar-refractivity contribution in [1.82, 2.24) is 4.98 Å². The number of nitrogens with zero attached hydrogens (tertiary/aromatic N) is 1. The Morgan fingerprint density at radius 1 is 1.12 bits per heavy atom. The fourth-order valence-electron chi connectivity index (χ4n) is 1.65. The largest absolute Gasteiger partial charge is 0.493 e. The second-order valence-electron chi connectivity index (χ2n) is 3.68. The van der Waals surface area contributed by atoms with E-state index in [1.165, 1.54) is 6.92 Å². The second kappa shape index (κ2) is 4.41. The van der Waals surface area contributed by atoms with Crippen LogP contribution in [0.15, 0.2) is 24.4 Å². The SMILES string of the molecule is COc1cc2cc(C(C)=O)cnc2cc1OC. The van der Waals surface area contributed by atoms with Gasteiger partial charge in [-0.3, -0.25) is 9.78 Å². The molecule has 0 unspecified atom stereocenters. The minimum Gasteiger partial charge on any atom is -0.493 e. The molecule has 0 aliphatic heterocycles. The molecular weight excluding hydrogens is 218 g/mol. The molecular formula is C13H13NO3. The van der Waals surface area contributed by atoms with Crippen molar-refractivity contribution >= 4 is 16.7 Å². The molecule has 1 heterocycles. The summed E-state index contributed by atoms with van der Waals surface area (Å²) in [5, 5.41) is 0.857. The molecule has 0 fully saturated rings. The molecule has 0 atom stereocenters. The minimum absolute atomic E-state index is 0.00538. The molecule has 0 aliphatic rings. The van der Waals surface area contributed by atoms with E-state index in [1.54, 1.807) is 32.5 Å². The summed E-state index contributed by atoms with van der Waals surface area (Å²) in [6.45, 7) is 1.52. The van der Waals surface area contributed by atoms with Crippen LogP contribution in [0.25, 0.3) is 10.9 Å². The van der Waals surface area contributed by atoms with Gasteiger partial charge in [-0.05, 0) is 19.1 Å². The molecule has 0 saturated heterocycles. The molecule has 4 heteroatoms. The molecule has 0 aliphatic carbocycles. The maximum Gasteiger partial charge on any atom is 0.162 e. The van der Waals surface area contributed by atoms with Gasteiger partial charge in [0.25, 0.3) is 0 Å². The normalized spacial score (nSPS) is 10.3. The van der Waals surface area contributed by atoms with Crippen LogP contribution < -0.4 is 9.47 Å². The lowest BCUT2D eigenvalue weighted by Gasteiger charge is -2.09. The van der Waals surface area contributed by atoms with Gasteiger partial charge in [0.05, 0.1) is 19.7 Å². The molecule has 0 saturated carbocycles. The van der Waals surface area contributed by atoms with Crippen LogP contribution in [0.4, 0.5) is 0 Å². The lowest BCUT2D eigenvalue weighted by atomic mass is 10.1. The van der Waals surface area contributed by atoms with Crippen LogP contribution in [-0.4, -0.2) is 25.0 Å². The first-order valence-electron chi connectivity index (χ1n) is 5.18. The lowest BCUT2D eigenvalue weighted by molar-refractivity contribution is 0.101. The van der Waals surface area contributed by atoms with E-state index in [4.69, 9.17) is 9.47 Å². The number of carbonyl (C=O) groups is 1. The fraction of sp³-hybridized carbons (Fsp3) is 0.231. The van der Waals surface area contributed by atoms with Gasteiger partial charge >= 0.3 is 0 Å². The van der Waals surface area contributed by atoms with E-state index < -0.39 is 0 Å². The average Bonchev–Trinajstić information content (AvgIpc) is 2.36. The Hall–Kier alpha value is -2.10. The van der Waals surface area contributed by atoms with E-state index in [1.807, 2.05) is 6.07 Å². The molecule has 2 aromatic rings. The Kier molecular flexibility index (Phi) is 2.95. The summed E-state index contributed by atoms with van der Waals surface area (Å²) in [4.78, 5) is 15.5. The predicted molar refractivity (Wildman–Crippen MR) is 64.9 cm³/mol. The summed E-state index contributed by atoms with van der Waals surface area (Å²) in [5.74, 6) is 1.25. The minimum atomic E-state index is -0.00538. The fourth-order valence-corrected chi connectivity index (χ4v) is 1.65. The number of ether oxygens (including phenoxy) is 2. The Bertz CT molecular complexity index is 578. The van der Waals surface area contributed by atoms with Crippen molar-refractivity contribution in [2.45, 2.75) is 6.92 Å². The quantitative estimate of drug-likeness (QED) is 0.761. The first-order valence-corrected chi connectivity index (χ1v) is 5.18. The first kappa shape index (κ1) is 11.4. The highest BCUT2D eigenvalue weighted by molar-refractivity contribution is 5.97. The Morgan fingerprint density at radius 3 is 2.35 bits per heavy atom. The standard InChI is InChI=1S/C13H13NO3/c1-8(15)10-4-9-5-12(16-2)13(17-3)6-11(9)14-7-10/h4-7H,1-3H3. The van der Waals surface area contributed by atoms with Gasteiger partial charge in [-0.15, -0.1) is 0 Å². The number of methoxy groups -OCH3 is 2. The third kappa shape index (κ3) is 2.06. The van der Waals surface area contributed by atoms with E-state index in [0.29, 0.717) is 17.1 Å². The van der Waals surface area contributed by atoms with E-state index >= 15 is 0 Å². The molecule has 1 aromatic carbocycles. The second-order valence-corrected chi connectivity index (χ2v) is 3.68. The number of fused-ring (bicyclic) bond motifs is 1. The van der Waals surface area contributed by atoms with Gasteiger partial charge in [0.15, 0.2) is 17.3 Å². The Morgan fingerprint density at radius 2 is 1.76 bits per heavy atom. The summed E-state index contributed by atoms with van der Waals surface area (Å²) in [6, 6.07) is 5.40. The van der Waals surface area contributed by atoms with E-state index in [9.17, 15) is 4.79 Å². The number of hydrogen-bond donors (Lipinski definition) is 0. The number of ketones is 1. The number of Topliss-reactive ketones (excluding diaryl/α,β-unsaturated/α-hetero) is 1. The molecule has 17 heavy (non-hydrogen) atoms. The van der Waals surface area contributed by atoms with Crippen LogP contribution in [0.5, 0.6) is 11.5 Å². The third-order valence-electron chi connectivity index (χ3n) is 2.59. The molecule has 1 aromatic heterocycles. The summed E-state index contributed by atoms with van der Waals surface area (Å²) in [7, 11) is 3.15. The molecule has 0 spiro atoms. The van der Waals surface area contributed by atoms with Crippen LogP contribution in [-0.2, 0) is 0 Å². The topological polar surface area (TPSA) is 48.4 Å². The zero-order valence-electron chi connectivity index (χ0n) is 9.98. The Balaban J connectivity index is 2.66. The molecule has 4 nitrogen and oxygen atoms in total. The van der Waals surface area contributed by atoms with Gasteiger partial charge in [-0.25, -0.2) is 0 Å². The van der Waals surface area contributed by atoms with Crippen molar-refractivity contribution in [3.8, 4) is 11.5 Å². The van der Waals surface area contributed by atoms with Crippen molar-refractivity contribution in [2.75, 3.05) is 14.2 Å². The number of pyridine rings is 1. The molecule has 0 bridgehead atoms. The van der Waals surface area contributed by atoms with Crippen LogP contribution in [0.3, 0.4) is 0 Å². The summed E-state index contributed by atoms with van der Waals surface area (Å²) in [5.41, 5.74) is 1.36. The predicted octanol–water partition coefficient (Wildman–Crippen LogP) is 2.45. The summed E-state index contributed by atoms with van der Waals surface area (Å²) >= 11 is 0. The highest BCUT2D eigenvalue weighted by Gasteiger charge is 2.08. The van der Waals surface area contributed by atoms with Crippen LogP contribution in [0, 0.1) is 0 Å². The summed E-state index contributed by atoms with van der Waals surface area (Å²) < 4.78 is 10.4. The number of rotatable bonds is 3. The highest BCUT2D eigenvalue weighted by atomic mass is 16.5. The lowest BCUT2D eigenvalue weighted by Crippen LogP contribution is -1.95. The van der Waals surface area contributed by atoms with Crippen molar-refractivity contribution in [3.63, 3.8) is 0 Å². The first-order chi connectivity index (χ1) is 8.15. The van der Waals surface area contributed by atoms with E-state index in [0.717, 1.165) is 10.9 Å². The van der Waals surface area contributed by atoms with Crippen molar-refractivity contribution < 1.29 is 14.3 Å². The van der Waals surface area contributed by atoms with Gasteiger partial charge in [-0.1, -0.05) is 0 Å². The zero-order chi connectivity index (χ0) is 12.4. The maximum absolute atomic E-state index is 11.3. The maximum atomic E-state index is 11.3. The molecule has 0 radical (unpaired) electrons. The van der Waals surface area contributed by atoms with Crippen molar-refractivity contribution in [2.24, 2.45) is 0 Å². The Labute approximate surface area is 99.2 Å². The number of aromatic nitrogens is 1. The smallest absolute Gasteiger partial charge is 0.162 e. The molecule has 0 N–H and O–H groups in total. The number of hydrogen-bond acceptors (Lipinski definition) is 4. The van der Waals surface area contributed by atoms with E-state index in [-0.39, 0.29) is 5.78 Å². The number of carbonyl (C=O) groups excluding carboxylic acids is 1. The summed E-state index contributed by atoms with van der Waals surface area (Å²) in [6.07, 6.45) is 1.57. The van der Waals surface area contributed by atoms with Crippen molar-refractivity contribution in [1.29, 1.82) is 0 Å². The van der Waals surface area contributed by atoms with Gasteiger partial charge < -0.3 is 9.47 Å².